The van der Waals surface area contributed by atoms with Crippen LogP contribution in [0.1, 0.15) is 20.3 Å². The highest BCUT2D eigenvalue weighted by Gasteiger charge is 2.30. The molecule has 0 rings (SSSR count). The van der Waals surface area contributed by atoms with Crippen LogP contribution >= 0.6 is 0 Å². The zero-order valence-corrected chi connectivity index (χ0v) is 6.29. The minimum Gasteiger partial charge on any atom is -0.481 e. The molecule has 1 unspecified atom stereocenters. The van der Waals surface area contributed by atoms with Crippen molar-refractivity contribution >= 4 is 5.97 Å². The highest BCUT2D eigenvalue weighted by Crippen LogP contribution is 2.11. The number of hydrogen-bond donors (Lipinski definition) is 3. The number of hydrogen-bond acceptors (Lipinski definition) is 3. The van der Waals surface area contributed by atoms with E-state index in [1.54, 1.807) is 6.92 Å². The summed E-state index contributed by atoms with van der Waals surface area (Å²) in [6.07, 6.45) is 0.459. The standard InChI is InChI=1S/C6H14N2O2/c1-3-6(7,8)4(2)5(9)10/h4H,3,7-8H2,1-2H3,(H,9,10). The minimum absolute atomic E-state index is 0.459. The number of carbonyl (C=O) groups is 1. The molecule has 0 spiro atoms. The largest absolute Gasteiger partial charge is 0.481 e. The summed E-state index contributed by atoms with van der Waals surface area (Å²) in [7, 11) is 0. The van der Waals surface area contributed by atoms with Crippen molar-refractivity contribution < 1.29 is 9.90 Å². The van der Waals surface area contributed by atoms with Crippen molar-refractivity contribution in [2.75, 3.05) is 0 Å². The fourth-order valence-electron chi connectivity index (χ4n) is 0.536. The van der Waals surface area contributed by atoms with E-state index < -0.39 is 17.6 Å². The third-order valence-electron chi connectivity index (χ3n) is 1.79. The lowest BCUT2D eigenvalue weighted by Crippen LogP contribution is -2.56. The zero-order chi connectivity index (χ0) is 8.36. The van der Waals surface area contributed by atoms with Crippen molar-refractivity contribution in [1.82, 2.24) is 0 Å². The molecule has 0 fully saturated rings. The van der Waals surface area contributed by atoms with E-state index in [0.29, 0.717) is 6.42 Å². The van der Waals surface area contributed by atoms with Crippen molar-refractivity contribution in [3.8, 4) is 0 Å². The molecule has 0 aliphatic heterocycles. The topological polar surface area (TPSA) is 89.3 Å². The molecule has 0 bridgehead atoms. The van der Waals surface area contributed by atoms with Crippen LogP contribution in [-0.4, -0.2) is 16.7 Å². The molecule has 0 aromatic heterocycles. The minimum atomic E-state index is -1.08. The molecule has 0 amide bonds. The van der Waals surface area contributed by atoms with Crippen molar-refractivity contribution in [1.29, 1.82) is 0 Å². The first-order valence-corrected chi connectivity index (χ1v) is 3.22. The van der Waals surface area contributed by atoms with Crippen LogP contribution in [0.4, 0.5) is 0 Å². The average Bonchev–Trinajstić information content (AvgIpc) is 1.86. The van der Waals surface area contributed by atoms with Gasteiger partial charge < -0.3 is 16.6 Å². The molecule has 10 heavy (non-hydrogen) atoms. The Labute approximate surface area is 60.2 Å². The Kier molecular flexibility index (Phi) is 2.80. The predicted molar refractivity (Wildman–Crippen MR) is 38.2 cm³/mol. The fourth-order valence-corrected chi connectivity index (χ4v) is 0.536. The number of aliphatic carboxylic acids is 1. The number of carboxylic acid groups (broad SMARTS) is 1. The lowest BCUT2D eigenvalue weighted by atomic mass is 9.94. The second-order valence-corrected chi connectivity index (χ2v) is 2.53. The van der Waals surface area contributed by atoms with Gasteiger partial charge in [0, 0.05) is 0 Å². The van der Waals surface area contributed by atoms with Gasteiger partial charge >= 0.3 is 5.97 Å². The first-order valence-electron chi connectivity index (χ1n) is 3.22. The number of rotatable bonds is 3. The van der Waals surface area contributed by atoms with E-state index in [9.17, 15) is 4.79 Å². The molecule has 0 aromatic rings. The number of nitrogens with two attached hydrogens (primary N) is 2. The maximum Gasteiger partial charge on any atom is 0.309 e. The zero-order valence-electron chi connectivity index (χ0n) is 6.29. The highest BCUT2D eigenvalue weighted by molar-refractivity contribution is 5.71. The van der Waals surface area contributed by atoms with Crippen LogP contribution in [0.25, 0.3) is 0 Å². The molecule has 1 atom stereocenters. The third kappa shape index (κ3) is 1.97. The molecule has 0 aliphatic carbocycles. The Hall–Kier alpha value is -0.610. The molecule has 5 N–H and O–H groups in total. The van der Waals surface area contributed by atoms with Gasteiger partial charge in [-0.2, -0.15) is 0 Å². The Morgan fingerprint density at radius 2 is 2.10 bits per heavy atom. The second-order valence-electron chi connectivity index (χ2n) is 2.53. The van der Waals surface area contributed by atoms with E-state index in [-0.39, 0.29) is 0 Å². The van der Waals surface area contributed by atoms with E-state index >= 15 is 0 Å². The summed E-state index contributed by atoms with van der Waals surface area (Å²) < 4.78 is 0. The van der Waals surface area contributed by atoms with Crippen LogP contribution in [0, 0.1) is 5.92 Å². The van der Waals surface area contributed by atoms with Crippen LogP contribution in [-0.2, 0) is 4.79 Å². The monoisotopic (exact) mass is 146 g/mol. The van der Waals surface area contributed by atoms with Gasteiger partial charge in [0.15, 0.2) is 0 Å². The van der Waals surface area contributed by atoms with Crippen molar-refractivity contribution in [2.24, 2.45) is 17.4 Å². The Balaban J connectivity index is 4.17. The lowest BCUT2D eigenvalue weighted by Gasteiger charge is -2.26. The first-order chi connectivity index (χ1) is 4.41. The molecule has 0 saturated carbocycles. The quantitative estimate of drug-likeness (QED) is 0.478. The molecule has 0 heterocycles. The lowest BCUT2D eigenvalue weighted by molar-refractivity contribution is -0.143. The van der Waals surface area contributed by atoms with Crippen LogP contribution in [0.5, 0.6) is 0 Å². The van der Waals surface area contributed by atoms with E-state index in [4.69, 9.17) is 16.6 Å². The molecule has 4 nitrogen and oxygen atoms in total. The summed E-state index contributed by atoms with van der Waals surface area (Å²) in [4.78, 5) is 10.3. The predicted octanol–water partition coefficient (Wildman–Crippen LogP) is -0.269. The number of carboxylic acids is 1. The van der Waals surface area contributed by atoms with Crippen LogP contribution in [0.2, 0.25) is 0 Å². The van der Waals surface area contributed by atoms with Crippen LogP contribution < -0.4 is 11.5 Å². The van der Waals surface area contributed by atoms with Gasteiger partial charge in [-0.15, -0.1) is 0 Å². The summed E-state index contributed by atoms with van der Waals surface area (Å²) in [6, 6.07) is 0. The van der Waals surface area contributed by atoms with E-state index in [1.165, 1.54) is 6.92 Å². The Bertz CT molecular complexity index is 134. The third-order valence-corrected chi connectivity index (χ3v) is 1.79. The smallest absolute Gasteiger partial charge is 0.309 e. The normalized spacial score (nSPS) is 14.8. The van der Waals surface area contributed by atoms with Gasteiger partial charge in [0.1, 0.15) is 0 Å². The fraction of sp³-hybridized carbons (Fsp3) is 0.833. The summed E-state index contributed by atoms with van der Waals surface area (Å²) in [6.45, 7) is 3.27. The van der Waals surface area contributed by atoms with Crippen LogP contribution in [0.15, 0.2) is 0 Å². The van der Waals surface area contributed by atoms with E-state index in [1.807, 2.05) is 0 Å². The SMILES string of the molecule is CCC(N)(N)C(C)C(=O)O. The van der Waals surface area contributed by atoms with Crippen LogP contribution in [0.3, 0.4) is 0 Å². The highest BCUT2D eigenvalue weighted by atomic mass is 16.4. The Morgan fingerprint density at radius 3 is 2.20 bits per heavy atom. The van der Waals surface area contributed by atoms with Gasteiger partial charge in [-0.05, 0) is 13.3 Å². The molecule has 60 valence electrons. The van der Waals surface area contributed by atoms with Gasteiger partial charge in [-0.25, -0.2) is 0 Å². The maximum atomic E-state index is 10.3. The maximum absolute atomic E-state index is 10.3. The van der Waals surface area contributed by atoms with E-state index in [2.05, 4.69) is 0 Å². The average molecular weight is 146 g/mol. The van der Waals surface area contributed by atoms with E-state index in [0.717, 1.165) is 0 Å². The summed E-state index contributed by atoms with van der Waals surface area (Å²) >= 11 is 0. The summed E-state index contributed by atoms with van der Waals surface area (Å²) in [5, 5.41) is 8.49. The van der Waals surface area contributed by atoms with Gasteiger partial charge in [0.25, 0.3) is 0 Å². The molecule has 0 aromatic carbocycles. The molecular formula is C6H14N2O2. The molecule has 0 aliphatic rings. The molecule has 0 radical (unpaired) electrons. The van der Waals surface area contributed by atoms with Gasteiger partial charge in [0.05, 0.1) is 11.6 Å². The van der Waals surface area contributed by atoms with Crippen molar-refractivity contribution in [2.45, 2.75) is 25.9 Å². The Morgan fingerprint density at radius 1 is 1.70 bits per heavy atom. The van der Waals surface area contributed by atoms with Crippen molar-refractivity contribution in [3.63, 3.8) is 0 Å². The molecular weight excluding hydrogens is 132 g/mol. The van der Waals surface area contributed by atoms with Gasteiger partial charge in [0.2, 0.25) is 0 Å². The summed E-state index contributed by atoms with van der Waals surface area (Å²) in [5.74, 6) is -1.65. The summed E-state index contributed by atoms with van der Waals surface area (Å²) in [5.41, 5.74) is 9.84. The van der Waals surface area contributed by atoms with Gasteiger partial charge in [-0.1, -0.05) is 6.92 Å². The van der Waals surface area contributed by atoms with Gasteiger partial charge in [-0.3, -0.25) is 4.79 Å². The molecule has 0 saturated heterocycles. The second kappa shape index (κ2) is 2.98. The first kappa shape index (κ1) is 9.39. The van der Waals surface area contributed by atoms with Crippen molar-refractivity contribution in [3.05, 3.63) is 0 Å². The molecule has 4 heteroatoms.